The van der Waals surface area contributed by atoms with Crippen LogP contribution in [-0.4, -0.2) is 18.5 Å². The van der Waals surface area contributed by atoms with Crippen LogP contribution < -0.4 is 10.6 Å². The molecule has 0 spiro atoms. The summed E-state index contributed by atoms with van der Waals surface area (Å²) in [4.78, 5) is 11.7. The third-order valence-electron chi connectivity index (χ3n) is 3.23. The summed E-state index contributed by atoms with van der Waals surface area (Å²) in [5, 5.41) is 7.14. The van der Waals surface area contributed by atoms with Gasteiger partial charge in [-0.2, -0.15) is 0 Å². The molecule has 0 aliphatic heterocycles. The molecule has 0 saturated heterocycles. The van der Waals surface area contributed by atoms with Gasteiger partial charge in [-0.15, -0.1) is 0 Å². The van der Waals surface area contributed by atoms with Crippen LogP contribution in [-0.2, 0) is 11.3 Å². The van der Waals surface area contributed by atoms with E-state index in [2.05, 4.69) is 10.6 Å². The Hall–Kier alpha value is -1.81. The van der Waals surface area contributed by atoms with Gasteiger partial charge in [0.2, 0.25) is 5.91 Å². The lowest BCUT2D eigenvalue weighted by atomic mass is 10.1. The SMILES string of the molecule is CCNC(=O)C(C)NCc1c(C)oc2ccccc12. The Morgan fingerprint density at radius 2 is 2.11 bits per heavy atom. The highest BCUT2D eigenvalue weighted by atomic mass is 16.3. The van der Waals surface area contributed by atoms with E-state index in [9.17, 15) is 4.79 Å². The number of hydrogen-bond donors (Lipinski definition) is 2. The van der Waals surface area contributed by atoms with Crippen LogP contribution in [0.5, 0.6) is 0 Å². The minimum absolute atomic E-state index is 0.0213. The number of rotatable bonds is 5. The number of aryl methyl sites for hydroxylation is 1. The molecule has 0 aliphatic carbocycles. The minimum Gasteiger partial charge on any atom is -0.461 e. The first kappa shape index (κ1) is 13.6. The molecule has 1 atom stereocenters. The van der Waals surface area contributed by atoms with Gasteiger partial charge in [0.25, 0.3) is 0 Å². The van der Waals surface area contributed by atoms with Gasteiger partial charge in [0.05, 0.1) is 6.04 Å². The van der Waals surface area contributed by atoms with Crippen molar-refractivity contribution in [2.45, 2.75) is 33.4 Å². The van der Waals surface area contributed by atoms with Crippen LogP contribution in [0, 0.1) is 6.92 Å². The topological polar surface area (TPSA) is 54.3 Å². The Bertz CT molecular complexity index is 575. The highest BCUT2D eigenvalue weighted by Gasteiger charge is 2.14. The van der Waals surface area contributed by atoms with Crippen molar-refractivity contribution < 1.29 is 9.21 Å². The summed E-state index contributed by atoms with van der Waals surface area (Å²) in [6.07, 6.45) is 0. The van der Waals surface area contributed by atoms with E-state index >= 15 is 0 Å². The first-order chi connectivity index (χ1) is 9.13. The van der Waals surface area contributed by atoms with E-state index in [0.29, 0.717) is 13.1 Å². The Morgan fingerprint density at radius 3 is 2.84 bits per heavy atom. The summed E-state index contributed by atoms with van der Waals surface area (Å²) < 4.78 is 5.70. The lowest BCUT2D eigenvalue weighted by Crippen LogP contribution is -2.41. The standard InChI is InChI=1S/C15H20N2O2/c1-4-16-15(18)10(2)17-9-13-11(3)19-14-8-6-5-7-12(13)14/h5-8,10,17H,4,9H2,1-3H3,(H,16,18). The van der Waals surface area contributed by atoms with Crippen molar-refractivity contribution in [1.82, 2.24) is 10.6 Å². The van der Waals surface area contributed by atoms with Gasteiger partial charge in [-0.1, -0.05) is 18.2 Å². The molecule has 1 aromatic heterocycles. The summed E-state index contributed by atoms with van der Waals surface area (Å²) >= 11 is 0. The molecule has 1 aromatic carbocycles. The second-order valence-electron chi connectivity index (χ2n) is 4.63. The lowest BCUT2D eigenvalue weighted by molar-refractivity contribution is -0.122. The fraction of sp³-hybridized carbons (Fsp3) is 0.400. The van der Waals surface area contributed by atoms with E-state index in [4.69, 9.17) is 4.42 Å². The molecular formula is C15H20N2O2. The monoisotopic (exact) mass is 260 g/mol. The molecule has 19 heavy (non-hydrogen) atoms. The van der Waals surface area contributed by atoms with E-state index in [1.54, 1.807) is 0 Å². The van der Waals surface area contributed by atoms with Crippen molar-refractivity contribution in [2.75, 3.05) is 6.54 Å². The van der Waals surface area contributed by atoms with Gasteiger partial charge >= 0.3 is 0 Å². The van der Waals surface area contributed by atoms with E-state index in [0.717, 1.165) is 22.3 Å². The van der Waals surface area contributed by atoms with Crippen LogP contribution in [0.4, 0.5) is 0 Å². The molecule has 0 saturated carbocycles. The van der Waals surface area contributed by atoms with Crippen molar-refractivity contribution in [1.29, 1.82) is 0 Å². The highest BCUT2D eigenvalue weighted by molar-refractivity contribution is 5.83. The van der Waals surface area contributed by atoms with Crippen molar-refractivity contribution in [2.24, 2.45) is 0 Å². The molecule has 1 heterocycles. The summed E-state index contributed by atoms with van der Waals surface area (Å²) in [5.41, 5.74) is 2.01. The van der Waals surface area contributed by atoms with Gasteiger partial charge < -0.3 is 15.1 Å². The number of amides is 1. The molecule has 1 unspecified atom stereocenters. The van der Waals surface area contributed by atoms with Gasteiger partial charge in [-0.05, 0) is 26.8 Å². The van der Waals surface area contributed by atoms with Gasteiger partial charge in [-0.25, -0.2) is 0 Å². The maximum atomic E-state index is 11.7. The number of para-hydroxylation sites is 1. The van der Waals surface area contributed by atoms with Crippen molar-refractivity contribution in [3.8, 4) is 0 Å². The first-order valence-electron chi connectivity index (χ1n) is 6.61. The lowest BCUT2D eigenvalue weighted by Gasteiger charge is -2.13. The van der Waals surface area contributed by atoms with Crippen LogP contribution >= 0.6 is 0 Å². The average molecular weight is 260 g/mol. The first-order valence-corrected chi connectivity index (χ1v) is 6.61. The number of fused-ring (bicyclic) bond motifs is 1. The van der Waals surface area contributed by atoms with Crippen LogP contribution in [0.1, 0.15) is 25.2 Å². The number of benzene rings is 1. The molecule has 102 valence electrons. The number of carbonyl (C=O) groups is 1. The van der Waals surface area contributed by atoms with E-state index in [1.807, 2.05) is 45.0 Å². The summed E-state index contributed by atoms with van der Waals surface area (Å²) in [7, 11) is 0. The zero-order valence-corrected chi connectivity index (χ0v) is 11.6. The Balaban J connectivity index is 2.09. The summed E-state index contributed by atoms with van der Waals surface area (Å²) in [6.45, 7) is 7.01. The van der Waals surface area contributed by atoms with Crippen molar-refractivity contribution in [3.05, 3.63) is 35.6 Å². The quantitative estimate of drug-likeness (QED) is 0.867. The average Bonchev–Trinajstić information content (AvgIpc) is 2.72. The van der Waals surface area contributed by atoms with Gasteiger partial charge in [0, 0.05) is 24.0 Å². The number of carbonyl (C=O) groups excluding carboxylic acids is 1. The third-order valence-corrected chi connectivity index (χ3v) is 3.23. The second kappa shape index (κ2) is 5.89. The van der Waals surface area contributed by atoms with Gasteiger partial charge in [0.15, 0.2) is 0 Å². The zero-order valence-electron chi connectivity index (χ0n) is 11.6. The predicted molar refractivity (Wildman–Crippen MR) is 75.9 cm³/mol. The Labute approximate surface area is 113 Å². The molecule has 0 fully saturated rings. The third kappa shape index (κ3) is 2.96. The molecule has 0 aliphatic rings. The minimum atomic E-state index is -0.215. The molecule has 4 nitrogen and oxygen atoms in total. The number of likely N-dealkylation sites (N-methyl/N-ethyl adjacent to an activating group) is 1. The van der Waals surface area contributed by atoms with Gasteiger partial charge in [0.1, 0.15) is 11.3 Å². The predicted octanol–water partition coefficient (Wildman–Crippen LogP) is 2.36. The largest absolute Gasteiger partial charge is 0.461 e. The van der Waals surface area contributed by atoms with Crippen LogP contribution in [0.15, 0.2) is 28.7 Å². The zero-order chi connectivity index (χ0) is 13.8. The van der Waals surface area contributed by atoms with Gasteiger partial charge in [-0.3, -0.25) is 4.79 Å². The molecule has 1 amide bonds. The van der Waals surface area contributed by atoms with Crippen molar-refractivity contribution in [3.63, 3.8) is 0 Å². The van der Waals surface area contributed by atoms with Crippen LogP contribution in [0.2, 0.25) is 0 Å². The highest BCUT2D eigenvalue weighted by Crippen LogP contribution is 2.24. The van der Waals surface area contributed by atoms with Crippen molar-refractivity contribution >= 4 is 16.9 Å². The molecule has 0 radical (unpaired) electrons. The fourth-order valence-corrected chi connectivity index (χ4v) is 2.12. The number of furan rings is 1. The Morgan fingerprint density at radius 1 is 1.37 bits per heavy atom. The smallest absolute Gasteiger partial charge is 0.236 e. The summed E-state index contributed by atoms with van der Waals surface area (Å²) in [5.74, 6) is 0.921. The molecular weight excluding hydrogens is 240 g/mol. The summed E-state index contributed by atoms with van der Waals surface area (Å²) in [6, 6.07) is 7.74. The second-order valence-corrected chi connectivity index (χ2v) is 4.63. The maximum absolute atomic E-state index is 11.7. The van der Waals surface area contributed by atoms with E-state index in [1.165, 1.54) is 0 Å². The number of nitrogens with one attached hydrogen (secondary N) is 2. The van der Waals surface area contributed by atoms with Crippen LogP contribution in [0.25, 0.3) is 11.0 Å². The molecule has 4 heteroatoms. The maximum Gasteiger partial charge on any atom is 0.236 e. The molecule has 2 aromatic rings. The van der Waals surface area contributed by atoms with E-state index < -0.39 is 0 Å². The fourth-order valence-electron chi connectivity index (χ4n) is 2.12. The Kier molecular flexibility index (Phi) is 4.22. The molecule has 2 rings (SSSR count). The number of hydrogen-bond acceptors (Lipinski definition) is 3. The molecule has 0 bridgehead atoms. The molecule has 2 N–H and O–H groups in total. The van der Waals surface area contributed by atoms with Crippen LogP contribution in [0.3, 0.4) is 0 Å². The van der Waals surface area contributed by atoms with E-state index in [-0.39, 0.29) is 11.9 Å². The normalized spacial score (nSPS) is 12.6.